The smallest absolute Gasteiger partial charge is 0.185 e. The largest absolute Gasteiger partial charge is 0.508 e. The van der Waals surface area contributed by atoms with Crippen LogP contribution in [0.15, 0.2) is 54.6 Å². The Morgan fingerprint density at radius 2 is 1.79 bits per heavy atom. The molecule has 1 aliphatic rings. The highest BCUT2D eigenvalue weighted by molar-refractivity contribution is 6.07. The minimum atomic E-state index is -0.0428. The number of carbonyl (C=O) groups is 1. The Hall–Kier alpha value is -2.39. The molecule has 0 spiro atoms. The molecule has 3 heteroatoms. The molecule has 0 unspecified atom stereocenters. The van der Waals surface area contributed by atoms with Crippen molar-refractivity contribution in [3.05, 3.63) is 71.3 Å². The maximum Gasteiger partial charge on any atom is 0.185 e. The number of piperidine rings is 1. The van der Waals surface area contributed by atoms with Gasteiger partial charge in [0.1, 0.15) is 5.75 Å². The Labute approximate surface area is 143 Å². The lowest BCUT2D eigenvalue weighted by Crippen LogP contribution is -2.29. The first-order chi connectivity index (χ1) is 11.7. The van der Waals surface area contributed by atoms with Gasteiger partial charge in [0.25, 0.3) is 0 Å². The van der Waals surface area contributed by atoms with Crippen molar-refractivity contribution in [2.45, 2.75) is 25.8 Å². The molecule has 3 rings (SSSR count). The maximum absolute atomic E-state index is 12.4. The molecule has 0 amide bonds. The van der Waals surface area contributed by atoms with Crippen molar-refractivity contribution in [1.29, 1.82) is 0 Å². The standard InChI is InChI=1S/C21H23NO2/c23-20(11-9-17-7-3-1-4-8-17)18-10-12-21(24)19(15-18)16-22-13-5-2-6-14-22/h1,3-4,7-12,15,24H,2,5-6,13-14,16H2. The number of hydrogen-bond donors (Lipinski definition) is 1. The molecule has 1 N–H and O–H groups in total. The van der Waals surface area contributed by atoms with Crippen LogP contribution in [0.5, 0.6) is 5.75 Å². The predicted octanol–water partition coefficient (Wildman–Crippen LogP) is 4.27. The molecule has 3 nitrogen and oxygen atoms in total. The van der Waals surface area contributed by atoms with Gasteiger partial charge in [0, 0.05) is 17.7 Å². The van der Waals surface area contributed by atoms with E-state index in [0.29, 0.717) is 12.1 Å². The molecule has 0 atom stereocenters. The highest BCUT2D eigenvalue weighted by Gasteiger charge is 2.14. The lowest BCUT2D eigenvalue weighted by atomic mass is 10.0. The number of hydrogen-bond acceptors (Lipinski definition) is 3. The van der Waals surface area contributed by atoms with Crippen LogP contribution in [0.3, 0.4) is 0 Å². The molecule has 0 aromatic heterocycles. The topological polar surface area (TPSA) is 40.5 Å². The molecule has 0 aliphatic carbocycles. The van der Waals surface area contributed by atoms with Crippen LogP contribution in [0.25, 0.3) is 6.08 Å². The fourth-order valence-electron chi connectivity index (χ4n) is 3.06. The van der Waals surface area contributed by atoms with Gasteiger partial charge in [-0.15, -0.1) is 0 Å². The van der Waals surface area contributed by atoms with Gasteiger partial charge < -0.3 is 5.11 Å². The van der Waals surface area contributed by atoms with E-state index in [2.05, 4.69) is 4.90 Å². The van der Waals surface area contributed by atoms with Crippen LogP contribution in [-0.2, 0) is 6.54 Å². The van der Waals surface area contributed by atoms with E-state index in [1.54, 1.807) is 18.2 Å². The van der Waals surface area contributed by atoms with E-state index in [1.807, 2.05) is 42.5 Å². The molecule has 0 radical (unpaired) electrons. The number of phenolic OH excluding ortho intramolecular Hbond substituents is 1. The number of ketones is 1. The zero-order chi connectivity index (χ0) is 16.8. The Morgan fingerprint density at radius 3 is 2.54 bits per heavy atom. The van der Waals surface area contributed by atoms with Crippen LogP contribution in [0.2, 0.25) is 0 Å². The Balaban J connectivity index is 1.72. The Bertz CT molecular complexity index is 716. The predicted molar refractivity (Wildman–Crippen MR) is 97.0 cm³/mol. The summed E-state index contributed by atoms with van der Waals surface area (Å²) < 4.78 is 0. The van der Waals surface area contributed by atoms with Crippen LogP contribution < -0.4 is 0 Å². The highest BCUT2D eigenvalue weighted by Crippen LogP contribution is 2.22. The zero-order valence-corrected chi connectivity index (χ0v) is 13.8. The highest BCUT2D eigenvalue weighted by atomic mass is 16.3. The van der Waals surface area contributed by atoms with Gasteiger partial charge in [-0.2, -0.15) is 0 Å². The monoisotopic (exact) mass is 321 g/mol. The third-order valence-electron chi connectivity index (χ3n) is 4.43. The number of benzene rings is 2. The van der Waals surface area contributed by atoms with Crippen molar-refractivity contribution >= 4 is 11.9 Å². The molecular formula is C21H23NO2. The molecule has 1 fully saturated rings. The fraction of sp³-hybridized carbons (Fsp3) is 0.286. The number of carbonyl (C=O) groups excluding carboxylic acids is 1. The summed E-state index contributed by atoms with van der Waals surface area (Å²) in [5.74, 6) is 0.225. The van der Waals surface area contributed by atoms with Gasteiger partial charge in [0.2, 0.25) is 0 Å². The number of aromatic hydroxyl groups is 1. The van der Waals surface area contributed by atoms with Crippen LogP contribution >= 0.6 is 0 Å². The van der Waals surface area contributed by atoms with Crippen molar-refractivity contribution in [2.24, 2.45) is 0 Å². The average molecular weight is 321 g/mol. The summed E-state index contributed by atoms with van der Waals surface area (Å²) >= 11 is 0. The SMILES string of the molecule is O=C(C=Cc1ccccc1)c1ccc(O)c(CN2CCCCC2)c1. The van der Waals surface area contributed by atoms with E-state index >= 15 is 0 Å². The second-order valence-corrected chi connectivity index (χ2v) is 6.29. The minimum Gasteiger partial charge on any atom is -0.508 e. The normalized spacial score (nSPS) is 15.7. The Morgan fingerprint density at radius 1 is 1.04 bits per heavy atom. The van der Waals surface area contributed by atoms with E-state index in [9.17, 15) is 9.90 Å². The van der Waals surface area contributed by atoms with Gasteiger partial charge in [0.05, 0.1) is 0 Å². The van der Waals surface area contributed by atoms with Crippen molar-refractivity contribution in [2.75, 3.05) is 13.1 Å². The van der Waals surface area contributed by atoms with Gasteiger partial charge >= 0.3 is 0 Å². The van der Waals surface area contributed by atoms with E-state index in [-0.39, 0.29) is 11.5 Å². The zero-order valence-electron chi connectivity index (χ0n) is 13.8. The summed E-state index contributed by atoms with van der Waals surface area (Å²) in [6.07, 6.45) is 7.11. The molecular weight excluding hydrogens is 298 g/mol. The number of allylic oxidation sites excluding steroid dienone is 1. The van der Waals surface area contributed by atoms with E-state index in [1.165, 1.54) is 19.3 Å². The first-order valence-electron chi connectivity index (χ1n) is 8.54. The van der Waals surface area contributed by atoms with Crippen molar-refractivity contribution in [3.8, 4) is 5.75 Å². The summed E-state index contributed by atoms with van der Waals surface area (Å²) in [7, 11) is 0. The van der Waals surface area contributed by atoms with E-state index in [0.717, 1.165) is 24.2 Å². The first kappa shape index (κ1) is 16.5. The van der Waals surface area contributed by atoms with Gasteiger partial charge in [-0.25, -0.2) is 0 Å². The number of phenols is 1. The molecule has 24 heavy (non-hydrogen) atoms. The second kappa shape index (κ2) is 7.93. The molecule has 2 aromatic rings. The maximum atomic E-state index is 12.4. The summed E-state index contributed by atoms with van der Waals surface area (Å²) in [4.78, 5) is 14.7. The quantitative estimate of drug-likeness (QED) is 0.660. The summed E-state index contributed by atoms with van der Waals surface area (Å²) in [5.41, 5.74) is 2.45. The Kier molecular flexibility index (Phi) is 5.44. The van der Waals surface area contributed by atoms with Gasteiger partial charge in [-0.05, 0) is 55.8 Å². The van der Waals surface area contributed by atoms with Crippen LogP contribution in [0.1, 0.15) is 40.7 Å². The lowest BCUT2D eigenvalue weighted by molar-refractivity contribution is 0.104. The number of rotatable bonds is 5. The molecule has 0 saturated carbocycles. The van der Waals surface area contributed by atoms with Crippen molar-refractivity contribution < 1.29 is 9.90 Å². The molecule has 1 aliphatic heterocycles. The van der Waals surface area contributed by atoms with E-state index < -0.39 is 0 Å². The van der Waals surface area contributed by atoms with Crippen molar-refractivity contribution in [3.63, 3.8) is 0 Å². The number of nitrogens with zero attached hydrogens (tertiary/aromatic N) is 1. The third kappa shape index (κ3) is 4.33. The van der Waals surface area contributed by atoms with Crippen LogP contribution in [-0.4, -0.2) is 28.9 Å². The lowest BCUT2D eigenvalue weighted by Gasteiger charge is -2.26. The number of likely N-dealkylation sites (tertiary alicyclic amines) is 1. The minimum absolute atomic E-state index is 0.0428. The first-order valence-corrected chi connectivity index (χ1v) is 8.54. The molecule has 124 valence electrons. The molecule has 1 saturated heterocycles. The van der Waals surface area contributed by atoms with Gasteiger partial charge in [-0.1, -0.05) is 42.8 Å². The van der Waals surface area contributed by atoms with Crippen LogP contribution in [0, 0.1) is 0 Å². The van der Waals surface area contributed by atoms with Crippen molar-refractivity contribution in [1.82, 2.24) is 4.90 Å². The second-order valence-electron chi connectivity index (χ2n) is 6.29. The molecule has 2 aromatic carbocycles. The van der Waals surface area contributed by atoms with Gasteiger partial charge in [-0.3, -0.25) is 9.69 Å². The molecule has 0 bridgehead atoms. The average Bonchev–Trinajstić information content (AvgIpc) is 2.63. The van der Waals surface area contributed by atoms with Crippen LogP contribution in [0.4, 0.5) is 0 Å². The van der Waals surface area contributed by atoms with Gasteiger partial charge in [0.15, 0.2) is 5.78 Å². The summed E-state index contributed by atoms with van der Waals surface area (Å²) in [5, 5.41) is 10.1. The summed E-state index contributed by atoms with van der Waals surface area (Å²) in [6.45, 7) is 2.83. The third-order valence-corrected chi connectivity index (χ3v) is 4.43. The fourth-order valence-corrected chi connectivity index (χ4v) is 3.06. The summed E-state index contributed by atoms with van der Waals surface area (Å²) in [6, 6.07) is 14.9. The van der Waals surface area contributed by atoms with E-state index in [4.69, 9.17) is 0 Å². The molecule has 1 heterocycles.